The van der Waals surface area contributed by atoms with E-state index in [1.165, 1.54) is 0 Å². The molecule has 0 aromatic heterocycles. The maximum atomic E-state index is 12.1. The van der Waals surface area contributed by atoms with Gasteiger partial charge < -0.3 is 10.6 Å². The van der Waals surface area contributed by atoms with E-state index < -0.39 is 15.4 Å². The number of sulfone groups is 1. The van der Waals surface area contributed by atoms with Crippen molar-refractivity contribution in [1.29, 1.82) is 0 Å². The highest BCUT2D eigenvalue weighted by atomic mass is 32.2. The Morgan fingerprint density at radius 2 is 2.26 bits per heavy atom. The molecule has 2 heterocycles. The largest absolute Gasteiger partial charge is 0.349 e. The number of nitrogens with zero attached hydrogens (tertiary/aromatic N) is 1. The van der Waals surface area contributed by atoms with Crippen LogP contribution in [-0.2, 0) is 14.6 Å². The van der Waals surface area contributed by atoms with Crippen molar-refractivity contribution in [1.82, 2.24) is 15.5 Å². The van der Waals surface area contributed by atoms with Gasteiger partial charge in [0, 0.05) is 25.7 Å². The van der Waals surface area contributed by atoms with E-state index in [2.05, 4.69) is 22.5 Å². The molecule has 7 heteroatoms. The van der Waals surface area contributed by atoms with Crippen LogP contribution in [0.2, 0.25) is 0 Å². The Hall–Kier alpha value is -0.660. The van der Waals surface area contributed by atoms with Crippen LogP contribution in [-0.4, -0.2) is 68.5 Å². The average molecular weight is 289 g/mol. The van der Waals surface area contributed by atoms with Gasteiger partial charge in [0.2, 0.25) is 5.91 Å². The fourth-order valence-corrected chi connectivity index (χ4v) is 4.88. The van der Waals surface area contributed by atoms with Crippen molar-refractivity contribution in [2.45, 2.75) is 31.8 Å². The molecule has 0 aromatic rings. The van der Waals surface area contributed by atoms with Gasteiger partial charge in [-0.3, -0.25) is 9.69 Å². The zero-order chi connectivity index (χ0) is 14.1. The Balaban J connectivity index is 1.87. The molecule has 0 saturated carbocycles. The Morgan fingerprint density at radius 1 is 1.53 bits per heavy atom. The highest BCUT2D eigenvalue weighted by Gasteiger charge is 2.39. The summed E-state index contributed by atoms with van der Waals surface area (Å²) < 4.78 is 23.0. The van der Waals surface area contributed by atoms with Crippen molar-refractivity contribution in [3.8, 4) is 0 Å². The zero-order valence-corrected chi connectivity index (χ0v) is 12.4. The normalized spacial score (nSPS) is 35.2. The molecular weight excluding hydrogens is 266 g/mol. The monoisotopic (exact) mass is 289 g/mol. The van der Waals surface area contributed by atoms with Crippen molar-refractivity contribution in [3.63, 3.8) is 0 Å². The van der Waals surface area contributed by atoms with E-state index in [0.717, 1.165) is 19.6 Å². The fourth-order valence-electron chi connectivity index (χ4n) is 2.79. The van der Waals surface area contributed by atoms with Gasteiger partial charge in [0.05, 0.1) is 23.6 Å². The molecule has 6 nitrogen and oxygen atoms in total. The highest BCUT2D eigenvalue weighted by molar-refractivity contribution is 7.91. The molecule has 2 fully saturated rings. The Labute approximate surface area is 114 Å². The molecule has 2 atom stereocenters. The summed E-state index contributed by atoms with van der Waals surface area (Å²) in [7, 11) is -2.98. The van der Waals surface area contributed by atoms with Crippen LogP contribution in [0.15, 0.2) is 0 Å². The van der Waals surface area contributed by atoms with E-state index in [1.807, 2.05) is 6.92 Å². The van der Waals surface area contributed by atoms with E-state index in [1.54, 1.807) is 0 Å². The van der Waals surface area contributed by atoms with Crippen LogP contribution in [0.5, 0.6) is 0 Å². The lowest BCUT2D eigenvalue weighted by molar-refractivity contribution is -0.124. The molecule has 1 unspecified atom stereocenters. The van der Waals surface area contributed by atoms with Gasteiger partial charge >= 0.3 is 0 Å². The van der Waals surface area contributed by atoms with E-state index in [-0.39, 0.29) is 17.4 Å². The summed E-state index contributed by atoms with van der Waals surface area (Å²) in [5, 5.41) is 6.17. The first-order valence-electron chi connectivity index (χ1n) is 6.76. The third-order valence-electron chi connectivity index (χ3n) is 3.93. The number of rotatable bonds is 3. The van der Waals surface area contributed by atoms with Crippen LogP contribution < -0.4 is 10.6 Å². The van der Waals surface area contributed by atoms with Gasteiger partial charge in [-0.15, -0.1) is 0 Å². The van der Waals surface area contributed by atoms with Gasteiger partial charge in [-0.25, -0.2) is 8.42 Å². The number of piperazine rings is 1. The van der Waals surface area contributed by atoms with Crippen molar-refractivity contribution in [3.05, 3.63) is 0 Å². The van der Waals surface area contributed by atoms with Crippen molar-refractivity contribution < 1.29 is 13.2 Å². The lowest BCUT2D eigenvalue weighted by Crippen LogP contribution is -2.55. The van der Waals surface area contributed by atoms with E-state index in [0.29, 0.717) is 19.0 Å². The van der Waals surface area contributed by atoms with Gasteiger partial charge in [-0.2, -0.15) is 0 Å². The van der Waals surface area contributed by atoms with Gasteiger partial charge in [-0.05, 0) is 20.3 Å². The summed E-state index contributed by atoms with van der Waals surface area (Å²) in [6.07, 6.45) is 0.512. The number of hydrogen-bond acceptors (Lipinski definition) is 5. The first kappa shape index (κ1) is 14.7. The van der Waals surface area contributed by atoms with Crippen molar-refractivity contribution in [2.24, 2.45) is 0 Å². The quantitative estimate of drug-likeness (QED) is 0.695. The smallest absolute Gasteiger partial charge is 0.234 e. The first-order chi connectivity index (χ1) is 8.80. The minimum Gasteiger partial charge on any atom is -0.349 e. The van der Waals surface area contributed by atoms with Gasteiger partial charge in [0.25, 0.3) is 0 Å². The van der Waals surface area contributed by atoms with E-state index in [9.17, 15) is 13.2 Å². The molecule has 1 amide bonds. The summed E-state index contributed by atoms with van der Waals surface area (Å²) in [5.74, 6) is 0.157. The van der Waals surface area contributed by atoms with Crippen LogP contribution in [0, 0.1) is 0 Å². The summed E-state index contributed by atoms with van der Waals surface area (Å²) in [5.41, 5.74) is -0.590. The third kappa shape index (κ3) is 3.90. The number of amides is 1. The summed E-state index contributed by atoms with van der Waals surface area (Å²) in [6, 6.07) is 0.333. The second-order valence-corrected chi connectivity index (χ2v) is 8.16. The van der Waals surface area contributed by atoms with Crippen LogP contribution in [0.4, 0.5) is 0 Å². The first-order valence-corrected chi connectivity index (χ1v) is 8.58. The molecule has 2 aliphatic heterocycles. The zero-order valence-electron chi connectivity index (χ0n) is 11.6. The molecule has 19 heavy (non-hydrogen) atoms. The van der Waals surface area contributed by atoms with Gasteiger partial charge in [0.15, 0.2) is 9.84 Å². The molecular formula is C12H23N3O3S. The summed E-state index contributed by atoms with van der Waals surface area (Å²) in [6.45, 7) is 6.88. The molecule has 2 saturated heterocycles. The molecule has 0 radical (unpaired) electrons. The van der Waals surface area contributed by atoms with Crippen LogP contribution >= 0.6 is 0 Å². The fraction of sp³-hybridized carbons (Fsp3) is 0.917. The maximum Gasteiger partial charge on any atom is 0.234 e. The predicted octanol–water partition coefficient (Wildman–Crippen LogP) is -1.03. The third-order valence-corrected chi connectivity index (χ3v) is 5.83. The lowest BCUT2D eigenvalue weighted by atomic mass is 10.0. The molecule has 0 bridgehead atoms. The van der Waals surface area contributed by atoms with Crippen LogP contribution in [0.25, 0.3) is 0 Å². The Morgan fingerprint density at radius 3 is 2.84 bits per heavy atom. The van der Waals surface area contributed by atoms with Crippen LogP contribution in [0.3, 0.4) is 0 Å². The maximum absolute atomic E-state index is 12.1. The number of carbonyl (C=O) groups is 1. The van der Waals surface area contributed by atoms with Gasteiger partial charge in [0.1, 0.15) is 0 Å². The topological polar surface area (TPSA) is 78.5 Å². The molecule has 2 aliphatic rings. The molecule has 0 aliphatic carbocycles. The molecule has 2 N–H and O–H groups in total. The van der Waals surface area contributed by atoms with Gasteiger partial charge in [-0.1, -0.05) is 0 Å². The SMILES string of the molecule is C[C@@H]1CNCCN1CC(=O)NC1(C)CCS(=O)(=O)C1. The van der Waals surface area contributed by atoms with Crippen molar-refractivity contribution >= 4 is 15.7 Å². The number of nitrogens with one attached hydrogen (secondary N) is 2. The Kier molecular flexibility index (Phi) is 4.17. The van der Waals surface area contributed by atoms with E-state index in [4.69, 9.17) is 0 Å². The standard InChI is InChI=1S/C12H23N3O3S/c1-10-7-13-4-5-15(10)8-11(16)14-12(2)3-6-19(17,18)9-12/h10,13H,3-9H2,1-2H3,(H,14,16)/t10-,12?/m1/s1. The minimum absolute atomic E-state index is 0.0584. The Bertz CT molecular complexity index is 451. The predicted molar refractivity (Wildman–Crippen MR) is 73.7 cm³/mol. The lowest BCUT2D eigenvalue weighted by Gasteiger charge is -2.34. The molecule has 0 spiro atoms. The molecule has 2 rings (SSSR count). The van der Waals surface area contributed by atoms with E-state index >= 15 is 0 Å². The summed E-state index contributed by atoms with van der Waals surface area (Å²) >= 11 is 0. The number of carbonyl (C=O) groups excluding carboxylic acids is 1. The minimum atomic E-state index is -2.98. The van der Waals surface area contributed by atoms with Crippen LogP contribution in [0.1, 0.15) is 20.3 Å². The highest BCUT2D eigenvalue weighted by Crippen LogP contribution is 2.22. The second kappa shape index (κ2) is 5.38. The second-order valence-electron chi connectivity index (χ2n) is 5.97. The van der Waals surface area contributed by atoms with Crippen molar-refractivity contribution in [2.75, 3.05) is 37.7 Å². The summed E-state index contributed by atoms with van der Waals surface area (Å²) in [4.78, 5) is 14.2. The molecule has 0 aromatic carbocycles. The number of hydrogen-bond donors (Lipinski definition) is 2. The average Bonchev–Trinajstić information content (AvgIpc) is 2.56. The molecule has 110 valence electrons.